The van der Waals surface area contributed by atoms with Gasteiger partial charge in [0.05, 0.1) is 0 Å². The normalized spacial score (nSPS) is 40.2. The highest BCUT2D eigenvalue weighted by Gasteiger charge is 2.50. The molecule has 1 aromatic rings. The van der Waals surface area contributed by atoms with Crippen molar-refractivity contribution in [2.45, 2.75) is 52.0 Å². The molecule has 2 heteroatoms. The highest BCUT2D eigenvalue weighted by Crippen LogP contribution is 2.59. The van der Waals surface area contributed by atoms with Crippen molar-refractivity contribution in [1.82, 2.24) is 5.32 Å². The third-order valence-corrected chi connectivity index (χ3v) is 7.20. The van der Waals surface area contributed by atoms with Gasteiger partial charge in [0.15, 0.2) is 0 Å². The highest BCUT2D eigenvalue weighted by molar-refractivity contribution is 7.10. The van der Waals surface area contributed by atoms with Crippen LogP contribution in [0.3, 0.4) is 0 Å². The minimum absolute atomic E-state index is 0.626. The minimum atomic E-state index is 0.626. The molecule has 1 aromatic heterocycles. The van der Waals surface area contributed by atoms with Crippen molar-refractivity contribution in [3.63, 3.8) is 0 Å². The minimum Gasteiger partial charge on any atom is -0.310 e. The zero-order chi connectivity index (χ0) is 13.7. The standard InChI is InChI=1S/C18H27NS/c1-3-19-18(16-4-5-20-11(16)2)17-14-7-12-6-13(9-14)10-15(17)8-12/h4-5,12-15,17-19H,3,6-10H2,1-2H3. The van der Waals surface area contributed by atoms with Gasteiger partial charge in [0.25, 0.3) is 0 Å². The second kappa shape index (κ2) is 5.14. The summed E-state index contributed by atoms with van der Waals surface area (Å²) < 4.78 is 0. The van der Waals surface area contributed by atoms with E-state index >= 15 is 0 Å². The van der Waals surface area contributed by atoms with Crippen LogP contribution in [0.1, 0.15) is 55.5 Å². The van der Waals surface area contributed by atoms with E-state index in [-0.39, 0.29) is 0 Å². The molecule has 110 valence electrons. The summed E-state index contributed by atoms with van der Waals surface area (Å²) in [6, 6.07) is 3.01. The van der Waals surface area contributed by atoms with Crippen LogP contribution in [0.25, 0.3) is 0 Å². The topological polar surface area (TPSA) is 12.0 Å². The van der Waals surface area contributed by atoms with Gasteiger partial charge in [-0.1, -0.05) is 6.92 Å². The molecule has 4 aliphatic rings. The van der Waals surface area contributed by atoms with Crippen LogP contribution in [0.15, 0.2) is 11.4 Å². The Kier molecular flexibility index (Phi) is 3.42. The van der Waals surface area contributed by atoms with E-state index in [9.17, 15) is 0 Å². The lowest BCUT2D eigenvalue weighted by Crippen LogP contribution is -2.49. The molecule has 0 saturated heterocycles. The van der Waals surface area contributed by atoms with Crippen molar-refractivity contribution in [1.29, 1.82) is 0 Å². The van der Waals surface area contributed by atoms with Gasteiger partial charge in [-0.05, 0) is 92.2 Å². The lowest BCUT2D eigenvalue weighted by Gasteiger charge is -2.56. The maximum Gasteiger partial charge on any atom is 0.0364 e. The van der Waals surface area contributed by atoms with Crippen molar-refractivity contribution in [3.8, 4) is 0 Å². The van der Waals surface area contributed by atoms with E-state index in [1.54, 1.807) is 12.0 Å². The van der Waals surface area contributed by atoms with Gasteiger partial charge in [-0.2, -0.15) is 0 Å². The van der Waals surface area contributed by atoms with Gasteiger partial charge in [-0.15, -0.1) is 11.3 Å². The number of hydrogen-bond acceptors (Lipinski definition) is 2. The van der Waals surface area contributed by atoms with E-state index < -0.39 is 0 Å². The zero-order valence-electron chi connectivity index (χ0n) is 12.8. The second-order valence-corrected chi connectivity index (χ2v) is 8.60. The predicted octanol–water partition coefficient (Wildman–Crippen LogP) is 4.78. The smallest absolute Gasteiger partial charge is 0.0364 e. The van der Waals surface area contributed by atoms with Crippen LogP contribution in [0, 0.1) is 36.5 Å². The molecule has 1 heterocycles. The fraction of sp³-hybridized carbons (Fsp3) is 0.778. The fourth-order valence-corrected chi connectivity index (χ4v) is 6.65. The van der Waals surface area contributed by atoms with Gasteiger partial charge in [0, 0.05) is 10.9 Å². The van der Waals surface area contributed by atoms with Crippen LogP contribution in [0.5, 0.6) is 0 Å². The van der Waals surface area contributed by atoms with Gasteiger partial charge < -0.3 is 5.32 Å². The van der Waals surface area contributed by atoms with Gasteiger partial charge in [-0.3, -0.25) is 0 Å². The molecule has 0 spiro atoms. The number of nitrogens with one attached hydrogen (secondary N) is 1. The monoisotopic (exact) mass is 289 g/mol. The maximum absolute atomic E-state index is 3.86. The average Bonchev–Trinajstić information content (AvgIpc) is 2.82. The van der Waals surface area contributed by atoms with E-state index in [1.807, 2.05) is 11.3 Å². The van der Waals surface area contributed by atoms with E-state index in [0.717, 1.165) is 36.1 Å². The van der Waals surface area contributed by atoms with Crippen LogP contribution in [-0.4, -0.2) is 6.54 Å². The van der Waals surface area contributed by atoms with Crippen LogP contribution in [0.4, 0.5) is 0 Å². The maximum atomic E-state index is 3.86. The van der Waals surface area contributed by atoms with Crippen molar-refractivity contribution >= 4 is 11.3 Å². The van der Waals surface area contributed by atoms with Crippen LogP contribution >= 0.6 is 11.3 Å². The first-order valence-corrected chi connectivity index (χ1v) is 9.41. The molecule has 5 rings (SSSR count). The van der Waals surface area contributed by atoms with Crippen LogP contribution in [-0.2, 0) is 0 Å². The van der Waals surface area contributed by atoms with Crippen LogP contribution in [0.2, 0.25) is 0 Å². The van der Waals surface area contributed by atoms with E-state index in [1.165, 1.54) is 30.6 Å². The van der Waals surface area contributed by atoms with Crippen molar-refractivity contribution in [2.75, 3.05) is 6.54 Å². The van der Waals surface area contributed by atoms with Gasteiger partial charge in [0.1, 0.15) is 0 Å². The Morgan fingerprint density at radius 3 is 2.30 bits per heavy atom. The van der Waals surface area contributed by atoms with E-state index in [2.05, 4.69) is 30.6 Å². The lowest BCUT2D eigenvalue weighted by atomic mass is 9.50. The third kappa shape index (κ3) is 2.07. The average molecular weight is 289 g/mol. The first kappa shape index (κ1) is 13.3. The third-order valence-electron chi connectivity index (χ3n) is 6.34. The van der Waals surface area contributed by atoms with E-state index in [4.69, 9.17) is 0 Å². The molecular formula is C18H27NS. The molecule has 4 saturated carbocycles. The zero-order valence-corrected chi connectivity index (χ0v) is 13.6. The molecule has 1 N–H and O–H groups in total. The Balaban J connectivity index is 1.65. The Morgan fingerprint density at radius 2 is 1.80 bits per heavy atom. The largest absolute Gasteiger partial charge is 0.310 e. The predicted molar refractivity (Wildman–Crippen MR) is 86.0 cm³/mol. The van der Waals surface area contributed by atoms with Crippen molar-refractivity contribution < 1.29 is 0 Å². The second-order valence-electron chi connectivity index (χ2n) is 7.48. The van der Waals surface area contributed by atoms with Gasteiger partial charge in [-0.25, -0.2) is 0 Å². The van der Waals surface area contributed by atoms with Gasteiger partial charge in [0.2, 0.25) is 0 Å². The first-order chi connectivity index (χ1) is 9.76. The molecule has 0 aliphatic heterocycles. The number of rotatable bonds is 4. The molecule has 1 atom stereocenters. The molecular weight excluding hydrogens is 262 g/mol. The molecule has 0 aromatic carbocycles. The Labute approximate surface area is 127 Å². The van der Waals surface area contributed by atoms with Gasteiger partial charge >= 0.3 is 0 Å². The quantitative estimate of drug-likeness (QED) is 0.841. The summed E-state index contributed by atoms with van der Waals surface area (Å²) in [4.78, 5) is 1.53. The Hall–Kier alpha value is -0.340. The number of hydrogen-bond donors (Lipinski definition) is 1. The van der Waals surface area contributed by atoms with Crippen molar-refractivity contribution in [3.05, 3.63) is 21.9 Å². The summed E-state index contributed by atoms with van der Waals surface area (Å²) in [5, 5.41) is 6.14. The molecule has 0 radical (unpaired) electrons. The molecule has 1 unspecified atom stereocenters. The van der Waals surface area contributed by atoms with Crippen molar-refractivity contribution in [2.24, 2.45) is 29.6 Å². The summed E-state index contributed by atoms with van der Waals surface area (Å²) in [5.74, 6) is 5.10. The Bertz CT molecular complexity index is 450. The number of aryl methyl sites for hydroxylation is 1. The molecule has 1 nitrogen and oxygen atoms in total. The lowest BCUT2D eigenvalue weighted by molar-refractivity contribution is -0.0523. The Morgan fingerprint density at radius 1 is 1.15 bits per heavy atom. The SMILES string of the molecule is CCNC(c1ccsc1C)C1C2CC3CC(C2)CC1C3. The molecule has 20 heavy (non-hydrogen) atoms. The summed E-state index contributed by atoms with van der Waals surface area (Å²) in [6.07, 6.45) is 7.68. The number of thiophene rings is 1. The van der Waals surface area contributed by atoms with Crippen LogP contribution < -0.4 is 5.32 Å². The summed E-state index contributed by atoms with van der Waals surface area (Å²) >= 11 is 1.92. The first-order valence-electron chi connectivity index (χ1n) is 8.53. The summed E-state index contributed by atoms with van der Waals surface area (Å²) in [6.45, 7) is 5.67. The van der Waals surface area contributed by atoms with E-state index in [0.29, 0.717) is 6.04 Å². The molecule has 4 aliphatic carbocycles. The molecule has 0 amide bonds. The highest BCUT2D eigenvalue weighted by atomic mass is 32.1. The molecule has 4 bridgehead atoms. The summed E-state index contributed by atoms with van der Waals surface area (Å²) in [7, 11) is 0. The fourth-order valence-electron chi connectivity index (χ4n) is 5.90. The summed E-state index contributed by atoms with van der Waals surface area (Å²) in [5.41, 5.74) is 1.61. The molecule has 4 fully saturated rings.